The third-order valence-corrected chi connectivity index (χ3v) is 3.34. The van der Waals surface area contributed by atoms with Crippen LogP contribution in [0.2, 0.25) is 0 Å². The molecule has 0 heterocycles. The largest absolute Gasteiger partial charge is 0.369 e. The van der Waals surface area contributed by atoms with E-state index in [4.69, 9.17) is 4.74 Å². The van der Waals surface area contributed by atoms with Crippen molar-refractivity contribution < 1.29 is 4.74 Å². The fourth-order valence-electron chi connectivity index (χ4n) is 1.60. The first kappa shape index (κ1) is 15.5. The minimum absolute atomic E-state index is 0.590. The Balaban J connectivity index is 1.91. The Kier molecular flexibility index (Phi) is 9.97. The fraction of sp³-hybridized carbons (Fsp3) is 0.500. The lowest BCUT2D eigenvalue weighted by Gasteiger charge is -2.01. The quantitative estimate of drug-likeness (QED) is 0.293. The minimum Gasteiger partial charge on any atom is -0.369 e. The summed E-state index contributed by atoms with van der Waals surface area (Å²) in [6.07, 6.45) is 5.63. The number of benzene rings is 1. The van der Waals surface area contributed by atoms with Crippen LogP contribution >= 0.6 is 22.6 Å². The van der Waals surface area contributed by atoms with E-state index in [1.165, 1.54) is 22.8 Å². The van der Waals surface area contributed by atoms with Gasteiger partial charge >= 0.3 is 0 Å². The highest BCUT2D eigenvalue weighted by Gasteiger charge is 1.92. The van der Waals surface area contributed by atoms with Gasteiger partial charge in [0.05, 0.1) is 0 Å². The summed E-state index contributed by atoms with van der Waals surface area (Å²) in [5.74, 6) is 6.18. The maximum absolute atomic E-state index is 5.48. The van der Waals surface area contributed by atoms with E-state index in [1.807, 2.05) is 0 Å². The molecule has 1 nitrogen and oxygen atoms in total. The molecule has 0 N–H and O–H groups in total. The predicted octanol–water partition coefficient (Wildman–Crippen LogP) is 4.24. The Morgan fingerprint density at radius 1 is 1.00 bits per heavy atom. The fourth-order valence-corrected chi connectivity index (χ4v) is 1.98. The van der Waals surface area contributed by atoms with Gasteiger partial charge in [0.25, 0.3) is 0 Å². The Hall–Kier alpha value is -0.530. The molecule has 98 valence electrons. The molecule has 0 saturated heterocycles. The van der Waals surface area contributed by atoms with Gasteiger partial charge in [0, 0.05) is 17.5 Å². The first-order chi connectivity index (χ1) is 8.93. The first-order valence-electron chi connectivity index (χ1n) is 6.57. The van der Waals surface area contributed by atoms with E-state index in [2.05, 4.69) is 64.8 Å². The van der Waals surface area contributed by atoms with E-state index in [0.29, 0.717) is 6.61 Å². The molecule has 1 aromatic rings. The summed E-state index contributed by atoms with van der Waals surface area (Å²) in [6, 6.07) is 10.6. The Bertz CT molecular complexity index is 350. The first-order valence-corrected chi connectivity index (χ1v) is 8.09. The number of halogens is 1. The number of rotatable bonds is 8. The molecule has 0 aromatic heterocycles. The molecule has 0 aliphatic carbocycles. The average Bonchev–Trinajstić information content (AvgIpc) is 2.42. The molecule has 0 aliphatic rings. The molecule has 0 radical (unpaired) electrons. The molecule has 2 heteroatoms. The van der Waals surface area contributed by atoms with Crippen LogP contribution in [0.4, 0.5) is 0 Å². The smallest absolute Gasteiger partial charge is 0.107 e. The van der Waals surface area contributed by atoms with Crippen LogP contribution in [0.15, 0.2) is 30.3 Å². The van der Waals surface area contributed by atoms with Crippen LogP contribution < -0.4 is 0 Å². The molecule has 0 bridgehead atoms. The number of ether oxygens (including phenoxy) is 1. The summed E-state index contributed by atoms with van der Waals surface area (Å²) >= 11 is 2.38. The zero-order valence-corrected chi connectivity index (χ0v) is 13.0. The van der Waals surface area contributed by atoms with Crippen molar-refractivity contribution >= 4 is 22.6 Å². The third-order valence-electron chi connectivity index (χ3n) is 2.58. The van der Waals surface area contributed by atoms with Crippen molar-refractivity contribution in [3.63, 3.8) is 0 Å². The summed E-state index contributed by atoms with van der Waals surface area (Å²) < 4.78 is 6.66. The zero-order valence-electron chi connectivity index (χ0n) is 10.8. The molecule has 1 aromatic carbocycles. The second-order valence-electron chi connectivity index (χ2n) is 4.14. The van der Waals surface area contributed by atoms with Gasteiger partial charge in [0.1, 0.15) is 6.61 Å². The molecule has 0 amide bonds. The number of hydrogen-bond donors (Lipinski definition) is 0. The van der Waals surface area contributed by atoms with Crippen molar-refractivity contribution in [3.8, 4) is 11.8 Å². The van der Waals surface area contributed by atoms with Crippen LogP contribution in [0, 0.1) is 11.8 Å². The van der Waals surface area contributed by atoms with Gasteiger partial charge in [0.2, 0.25) is 0 Å². The van der Waals surface area contributed by atoms with Crippen molar-refractivity contribution in [2.75, 3.05) is 17.6 Å². The second-order valence-corrected chi connectivity index (χ2v) is 5.22. The minimum atomic E-state index is 0.590. The molecule has 1 rings (SSSR count). The van der Waals surface area contributed by atoms with E-state index in [-0.39, 0.29) is 0 Å². The highest BCUT2D eigenvalue weighted by molar-refractivity contribution is 14.1. The Labute approximate surface area is 124 Å². The number of hydrogen-bond acceptors (Lipinski definition) is 1. The van der Waals surface area contributed by atoms with E-state index >= 15 is 0 Å². The van der Waals surface area contributed by atoms with E-state index < -0.39 is 0 Å². The zero-order chi connectivity index (χ0) is 12.9. The number of alkyl halides is 1. The summed E-state index contributed by atoms with van der Waals surface area (Å²) in [5, 5.41) is 0. The van der Waals surface area contributed by atoms with Gasteiger partial charge in [0.15, 0.2) is 0 Å². The maximum atomic E-state index is 5.48. The van der Waals surface area contributed by atoms with E-state index in [0.717, 1.165) is 25.9 Å². The Morgan fingerprint density at radius 2 is 1.83 bits per heavy atom. The summed E-state index contributed by atoms with van der Waals surface area (Å²) in [6.45, 7) is 1.42. The highest BCUT2D eigenvalue weighted by Crippen LogP contribution is 2.04. The highest BCUT2D eigenvalue weighted by atomic mass is 127. The normalized spacial score (nSPS) is 9.83. The summed E-state index contributed by atoms with van der Waals surface area (Å²) in [7, 11) is 0. The Morgan fingerprint density at radius 3 is 2.61 bits per heavy atom. The molecular weight excluding hydrogens is 335 g/mol. The van der Waals surface area contributed by atoms with Crippen LogP contribution in [0.3, 0.4) is 0 Å². The van der Waals surface area contributed by atoms with Crippen molar-refractivity contribution in [3.05, 3.63) is 35.9 Å². The number of aryl methyl sites for hydroxylation is 1. The monoisotopic (exact) mass is 356 g/mol. The molecule has 0 fully saturated rings. The summed E-state index contributed by atoms with van der Waals surface area (Å²) in [5.41, 5.74) is 1.41. The van der Waals surface area contributed by atoms with Gasteiger partial charge in [-0.3, -0.25) is 0 Å². The van der Waals surface area contributed by atoms with Gasteiger partial charge in [-0.15, -0.1) is 5.92 Å². The van der Waals surface area contributed by atoms with Crippen LogP contribution in [0.25, 0.3) is 0 Å². The van der Waals surface area contributed by atoms with Crippen LogP contribution in [-0.2, 0) is 11.2 Å². The van der Waals surface area contributed by atoms with Gasteiger partial charge < -0.3 is 4.74 Å². The van der Waals surface area contributed by atoms with Gasteiger partial charge in [-0.1, -0.05) is 58.8 Å². The molecule has 0 aliphatic heterocycles. The van der Waals surface area contributed by atoms with Crippen LogP contribution in [-0.4, -0.2) is 17.6 Å². The van der Waals surface area contributed by atoms with Crippen molar-refractivity contribution in [2.24, 2.45) is 0 Å². The van der Waals surface area contributed by atoms with Crippen molar-refractivity contribution in [1.82, 2.24) is 0 Å². The average molecular weight is 356 g/mol. The molecule has 0 spiro atoms. The molecule has 0 saturated carbocycles. The van der Waals surface area contributed by atoms with Gasteiger partial charge in [-0.2, -0.15) is 0 Å². The van der Waals surface area contributed by atoms with E-state index in [1.54, 1.807) is 0 Å². The van der Waals surface area contributed by atoms with Gasteiger partial charge in [-0.25, -0.2) is 0 Å². The lowest BCUT2D eigenvalue weighted by atomic mass is 10.1. The number of unbranched alkanes of at least 4 members (excludes halogenated alkanes) is 2. The third kappa shape index (κ3) is 8.54. The van der Waals surface area contributed by atoms with E-state index in [9.17, 15) is 0 Å². The topological polar surface area (TPSA) is 9.23 Å². The predicted molar refractivity (Wildman–Crippen MR) is 86.1 cm³/mol. The molecular formula is C16H21IO. The molecule has 0 unspecified atom stereocenters. The molecule has 18 heavy (non-hydrogen) atoms. The standard InChI is InChI=1S/C16H21IO/c17-13-7-1-2-8-14-18-15-9-6-12-16-10-4-3-5-11-16/h3-5,10-11H,1,6-7,9,12-15H2. The lowest BCUT2D eigenvalue weighted by molar-refractivity contribution is 0.162. The second kappa shape index (κ2) is 11.6. The van der Waals surface area contributed by atoms with Gasteiger partial charge in [-0.05, 0) is 31.2 Å². The van der Waals surface area contributed by atoms with Crippen LogP contribution in [0.1, 0.15) is 31.2 Å². The summed E-state index contributed by atoms with van der Waals surface area (Å²) in [4.78, 5) is 0. The molecule has 0 atom stereocenters. The van der Waals surface area contributed by atoms with Crippen LogP contribution in [0.5, 0.6) is 0 Å². The van der Waals surface area contributed by atoms with Crippen molar-refractivity contribution in [2.45, 2.75) is 32.1 Å². The SMILES string of the molecule is ICCCC#CCOCCCCc1ccccc1. The lowest BCUT2D eigenvalue weighted by Crippen LogP contribution is -1.96. The maximum Gasteiger partial charge on any atom is 0.107 e. The van der Waals surface area contributed by atoms with Crippen molar-refractivity contribution in [1.29, 1.82) is 0 Å².